The Hall–Kier alpha value is -1.49. The van der Waals surface area contributed by atoms with Crippen LogP contribution in [0.5, 0.6) is 17.2 Å². The molecule has 0 fully saturated rings. The van der Waals surface area contributed by atoms with Crippen LogP contribution >= 0.6 is 0 Å². The predicted octanol–water partition coefficient (Wildman–Crippen LogP) is 1.84. The topological polar surface area (TPSA) is 53.7 Å². The van der Waals surface area contributed by atoms with Crippen LogP contribution in [0.25, 0.3) is 0 Å². The second-order valence-corrected chi connectivity index (χ2v) is 4.77. The lowest BCUT2D eigenvalue weighted by Gasteiger charge is -2.21. The number of halogens is 1. The summed E-state index contributed by atoms with van der Waals surface area (Å²) in [7, 11) is 1.42. The Kier molecular flexibility index (Phi) is 2.87. The summed E-state index contributed by atoms with van der Waals surface area (Å²) in [4.78, 5) is 0. The molecule has 0 radical (unpaired) electrons. The highest BCUT2D eigenvalue weighted by Crippen LogP contribution is 2.43. The zero-order chi connectivity index (χ0) is 12.6. The summed E-state index contributed by atoms with van der Waals surface area (Å²) >= 11 is 0. The van der Waals surface area contributed by atoms with Crippen molar-refractivity contribution in [3.05, 3.63) is 17.4 Å². The first kappa shape index (κ1) is 12.0. The van der Waals surface area contributed by atoms with Gasteiger partial charge in [0.15, 0.2) is 23.1 Å². The van der Waals surface area contributed by atoms with Crippen molar-refractivity contribution in [1.82, 2.24) is 0 Å². The maximum Gasteiger partial charge on any atom is 0.231 e. The van der Waals surface area contributed by atoms with Crippen LogP contribution in [0.4, 0.5) is 4.39 Å². The maximum absolute atomic E-state index is 13.8. The molecule has 5 heteroatoms. The zero-order valence-corrected chi connectivity index (χ0v) is 10.2. The van der Waals surface area contributed by atoms with E-state index in [0.717, 1.165) is 0 Å². The highest BCUT2D eigenvalue weighted by Gasteiger charge is 2.28. The zero-order valence-electron chi connectivity index (χ0n) is 10.2. The minimum absolute atomic E-state index is 0.0972. The molecular formula is C12H16FNO3. The molecule has 0 spiro atoms. The molecule has 1 heterocycles. The van der Waals surface area contributed by atoms with Crippen molar-refractivity contribution >= 4 is 0 Å². The van der Waals surface area contributed by atoms with Gasteiger partial charge in [0.05, 0.1) is 7.11 Å². The summed E-state index contributed by atoms with van der Waals surface area (Å²) in [5.41, 5.74) is 6.09. The number of hydrogen-bond donors (Lipinski definition) is 1. The average molecular weight is 241 g/mol. The third-order valence-electron chi connectivity index (χ3n) is 2.50. The number of nitrogens with two attached hydrogens (primary N) is 1. The van der Waals surface area contributed by atoms with Crippen LogP contribution in [0, 0.1) is 5.82 Å². The lowest BCUT2D eigenvalue weighted by Crippen LogP contribution is -2.34. The predicted molar refractivity (Wildman–Crippen MR) is 61.0 cm³/mol. The molecule has 0 aliphatic carbocycles. The molecule has 0 atom stereocenters. The minimum Gasteiger partial charge on any atom is -0.493 e. The molecule has 0 amide bonds. The molecule has 4 nitrogen and oxygen atoms in total. The quantitative estimate of drug-likeness (QED) is 0.877. The largest absolute Gasteiger partial charge is 0.493 e. The summed E-state index contributed by atoms with van der Waals surface area (Å²) in [5, 5.41) is 0. The fraction of sp³-hybridized carbons (Fsp3) is 0.500. The van der Waals surface area contributed by atoms with Gasteiger partial charge >= 0.3 is 0 Å². The van der Waals surface area contributed by atoms with Crippen LogP contribution in [0.15, 0.2) is 6.07 Å². The number of methoxy groups -OCH3 is 1. The normalized spacial score (nSPS) is 13.9. The van der Waals surface area contributed by atoms with Crippen molar-refractivity contribution in [2.45, 2.75) is 25.8 Å². The first-order valence-electron chi connectivity index (χ1n) is 5.36. The van der Waals surface area contributed by atoms with E-state index in [-0.39, 0.29) is 12.5 Å². The van der Waals surface area contributed by atoms with Crippen molar-refractivity contribution in [2.24, 2.45) is 5.73 Å². The van der Waals surface area contributed by atoms with Crippen LogP contribution in [0.2, 0.25) is 0 Å². The standard InChI is InChI=1S/C12H16FNO3/c1-12(2,14)5-7-10(15-3)8(13)4-9-11(7)17-6-16-9/h4H,5-6,14H2,1-3H3. The molecular weight excluding hydrogens is 225 g/mol. The van der Waals surface area contributed by atoms with Gasteiger partial charge in [-0.3, -0.25) is 0 Å². The smallest absolute Gasteiger partial charge is 0.231 e. The Balaban J connectivity index is 2.53. The molecule has 17 heavy (non-hydrogen) atoms. The summed E-state index contributed by atoms with van der Waals surface area (Å²) in [6.07, 6.45) is 0.444. The van der Waals surface area contributed by atoms with E-state index in [1.807, 2.05) is 13.8 Å². The first-order valence-corrected chi connectivity index (χ1v) is 5.36. The molecule has 0 bridgehead atoms. The van der Waals surface area contributed by atoms with E-state index in [4.69, 9.17) is 19.9 Å². The average Bonchev–Trinajstić information content (AvgIpc) is 2.63. The fourth-order valence-electron chi connectivity index (χ4n) is 1.90. The van der Waals surface area contributed by atoms with Crippen molar-refractivity contribution in [2.75, 3.05) is 13.9 Å². The molecule has 94 valence electrons. The maximum atomic E-state index is 13.8. The highest BCUT2D eigenvalue weighted by atomic mass is 19.1. The SMILES string of the molecule is COc1c(F)cc2c(c1CC(C)(C)N)OCO2. The second-order valence-electron chi connectivity index (χ2n) is 4.77. The number of benzene rings is 1. The number of rotatable bonds is 3. The van der Waals surface area contributed by atoms with Gasteiger partial charge in [0.2, 0.25) is 6.79 Å². The lowest BCUT2D eigenvalue weighted by molar-refractivity contribution is 0.172. The van der Waals surface area contributed by atoms with Crippen LogP contribution in [-0.4, -0.2) is 19.4 Å². The van der Waals surface area contributed by atoms with E-state index in [1.165, 1.54) is 13.2 Å². The molecule has 1 aromatic rings. The molecule has 0 aromatic heterocycles. The lowest BCUT2D eigenvalue weighted by atomic mass is 9.94. The molecule has 1 aliphatic rings. The van der Waals surface area contributed by atoms with Gasteiger partial charge in [-0.05, 0) is 20.3 Å². The van der Waals surface area contributed by atoms with Gasteiger partial charge < -0.3 is 19.9 Å². The van der Waals surface area contributed by atoms with Gasteiger partial charge in [0.25, 0.3) is 0 Å². The van der Waals surface area contributed by atoms with Crippen molar-refractivity contribution in [3.8, 4) is 17.2 Å². The molecule has 0 saturated heterocycles. The van der Waals surface area contributed by atoms with Gasteiger partial charge in [-0.1, -0.05) is 0 Å². The molecule has 2 rings (SSSR count). The molecule has 1 aliphatic heterocycles. The first-order chi connectivity index (χ1) is 7.92. The molecule has 0 unspecified atom stereocenters. The van der Waals surface area contributed by atoms with E-state index < -0.39 is 11.4 Å². The molecule has 0 saturated carbocycles. The molecule has 2 N–H and O–H groups in total. The van der Waals surface area contributed by atoms with Crippen molar-refractivity contribution in [1.29, 1.82) is 0 Å². The Labute approximate surface area is 99.5 Å². The Bertz CT molecular complexity index is 437. The van der Waals surface area contributed by atoms with Gasteiger partial charge in [0.1, 0.15) is 0 Å². The van der Waals surface area contributed by atoms with E-state index in [1.54, 1.807) is 0 Å². The van der Waals surface area contributed by atoms with Crippen LogP contribution < -0.4 is 19.9 Å². The highest BCUT2D eigenvalue weighted by molar-refractivity contribution is 5.56. The Morgan fingerprint density at radius 3 is 2.76 bits per heavy atom. The fourth-order valence-corrected chi connectivity index (χ4v) is 1.90. The summed E-state index contributed by atoms with van der Waals surface area (Å²) in [5.74, 6) is 0.646. The number of fused-ring (bicyclic) bond motifs is 1. The van der Waals surface area contributed by atoms with Gasteiger partial charge in [-0.25, -0.2) is 4.39 Å². The second kappa shape index (κ2) is 4.07. The number of ether oxygens (including phenoxy) is 3. The van der Waals surface area contributed by atoms with Crippen molar-refractivity contribution < 1.29 is 18.6 Å². The number of hydrogen-bond acceptors (Lipinski definition) is 4. The minimum atomic E-state index is -0.485. The van der Waals surface area contributed by atoms with Crippen LogP contribution in [0.1, 0.15) is 19.4 Å². The van der Waals surface area contributed by atoms with Gasteiger partial charge in [-0.2, -0.15) is 0 Å². The van der Waals surface area contributed by atoms with Crippen molar-refractivity contribution in [3.63, 3.8) is 0 Å². The summed E-state index contributed by atoms with van der Waals surface area (Å²) in [6.45, 7) is 3.82. The summed E-state index contributed by atoms with van der Waals surface area (Å²) in [6, 6.07) is 1.27. The third-order valence-corrected chi connectivity index (χ3v) is 2.50. The van der Waals surface area contributed by atoms with Crippen LogP contribution in [-0.2, 0) is 6.42 Å². The van der Waals surface area contributed by atoms with E-state index in [9.17, 15) is 4.39 Å². The molecule has 1 aromatic carbocycles. The van der Waals surface area contributed by atoms with E-state index in [2.05, 4.69) is 0 Å². The van der Waals surface area contributed by atoms with Crippen LogP contribution in [0.3, 0.4) is 0 Å². The summed E-state index contributed by atoms with van der Waals surface area (Å²) < 4.78 is 29.4. The third kappa shape index (κ3) is 2.29. The Morgan fingerprint density at radius 1 is 1.47 bits per heavy atom. The Morgan fingerprint density at radius 2 is 2.18 bits per heavy atom. The monoisotopic (exact) mass is 241 g/mol. The van der Waals surface area contributed by atoms with Gasteiger partial charge in [-0.15, -0.1) is 0 Å². The van der Waals surface area contributed by atoms with E-state index >= 15 is 0 Å². The van der Waals surface area contributed by atoms with Gasteiger partial charge in [0, 0.05) is 17.2 Å². The van der Waals surface area contributed by atoms with E-state index in [0.29, 0.717) is 23.5 Å².